The van der Waals surface area contributed by atoms with Crippen LogP contribution in [0.25, 0.3) is 11.1 Å². The minimum absolute atomic E-state index is 0.00956. The molecule has 2 aromatic carbocycles. The van der Waals surface area contributed by atoms with Crippen LogP contribution < -0.4 is 15.4 Å². The van der Waals surface area contributed by atoms with E-state index in [4.69, 9.17) is 9.11 Å². The highest BCUT2D eigenvalue weighted by molar-refractivity contribution is 7.04. The predicted octanol–water partition coefficient (Wildman–Crippen LogP) is 4.18. The first-order chi connectivity index (χ1) is 15.2. The highest BCUT2D eigenvalue weighted by Gasteiger charge is 2.28. The van der Waals surface area contributed by atoms with E-state index >= 15 is 0 Å². The fourth-order valence-electron chi connectivity index (χ4n) is 3.77. The fraction of sp³-hybridized carbons (Fsp3) is 0.333. The molecule has 7 heteroatoms. The van der Waals surface area contributed by atoms with Crippen LogP contribution >= 0.6 is 11.5 Å². The van der Waals surface area contributed by atoms with Gasteiger partial charge in [0.15, 0.2) is 0 Å². The van der Waals surface area contributed by atoms with Gasteiger partial charge >= 0.3 is 0 Å². The molecule has 2 N–H and O–H groups in total. The van der Waals surface area contributed by atoms with Crippen molar-refractivity contribution in [2.45, 2.75) is 19.4 Å². The number of ether oxygens (including phenoxy) is 1. The molecule has 1 aliphatic heterocycles. The van der Waals surface area contributed by atoms with Crippen LogP contribution in [-0.2, 0) is 4.79 Å². The van der Waals surface area contributed by atoms with E-state index in [1.807, 2.05) is 37.3 Å². The van der Waals surface area contributed by atoms with Crippen molar-refractivity contribution >= 4 is 23.1 Å². The minimum atomic E-state index is 0.00956. The molecule has 2 heterocycles. The van der Waals surface area contributed by atoms with Crippen molar-refractivity contribution in [2.24, 2.45) is 0 Å². The number of nitrogens with zero attached hydrogens (tertiary/aromatic N) is 2. The number of carbonyl (C=O) groups excluding carboxylic acids is 1. The van der Waals surface area contributed by atoms with Gasteiger partial charge in [-0.05, 0) is 41.4 Å². The van der Waals surface area contributed by atoms with E-state index in [9.17, 15) is 4.79 Å². The maximum atomic E-state index is 11.5. The Bertz CT molecular complexity index is 975. The van der Waals surface area contributed by atoms with Crippen LogP contribution in [0.1, 0.15) is 25.1 Å². The van der Waals surface area contributed by atoms with Crippen molar-refractivity contribution in [1.29, 1.82) is 0 Å². The van der Waals surface area contributed by atoms with E-state index in [2.05, 4.69) is 45.2 Å². The molecule has 6 nitrogen and oxygen atoms in total. The second kappa shape index (κ2) is 10.5. The van der Waals surface area contributed by atoms with Gasteiger partial charge in [-0.15, -0.1) is 0 Å². The van der Waals surface area contributed by atoms with Gasteiger partial charge in [0.25, 0.3) is 0 Å². The van der Waals surface area contributed by atoms with Crippen molar-refractivity contribution in [2.75, 3.05) is 38.1 Å². The molecule has 31 heavy (non-hydrogen) atoms. The molecule has 0 radical (unpaired) electrons. The average molecular weight is 437 g/mol. The summed E-state index contributed by atoms with van der Waals surface area (Å²) in [7, 11) is 0. The molecule has 0 saturated carbocycles. The van der Waals surface area contributed by atoms with Gasteiger partial charge in [0.1, 0.15) is 12.4 Å². The van der Waals surface area contributed by atoms with Crippen molar-refractivity contribution in [1.82, 2.24) is 14.6 Å². The second-order valence-electron chi connectivity index (χ2n) is 7.51. The lowest BCUT2D eigenvalue weighted by molar-refractivity contribution is -0.115. The molecule has 3 aromatic rings. The molecule has 1 fully saturated rings. The molecule has 1 aliphatic rings. The van der Waals surface area contributed by atoms with Crippen molar-refractivity contribution < 1.29 is 9.53 Å². The Kier molecular flexibility index (Phi) is 7.30. The Labute approximate surface area is 187 Å². The SMILES string of the molecule is CCC(=O)Nc1ccc(OCCN2CCNCC2c2nscc2-c2ccccc2)cc1. The van der Waals surface area contributed by atoms with Crippen LogP contribution in [0, 0.1) is 0 Å². The molecular formula is C24H28N4O2S. The first-order valence-corrected chi connectivity index (χ1v) is 11.6. The van der Waals surface area contributed by atoms with Gasteiger partial charge in [0, 0.05) is 49.2 Å². The zero-order chi connectivity index (χ0) is 21.5. The van der Waals surface area contributed by atoms with E-state index in [1.54, 1.807) is 0 Å². The largest absolute Gasteiger partial charge is 0.492 e. The quantitative estimate of drug-likeness (QED) is 0.554. The molecule has 162 valence electrons. The lowest BCUT2D eigenvalue weighted by Gasteiger charge is -2.35. The molecule has 4 rings (SSSR count). The third-order valence-electron chi connectivity index (χ3n) is 5.46. The number of hydrogen-bond donors (Lipinski definition) is 2. The Morgan fingerprint density at radius 1 is 1.23 bits per heavy atom. The van der Waals surface area contributed by atoms with Gasteiger partial charge in [-0.2, -0.15) is 4.37 Å². The number of rotatable bonds is 8. The van der Waals surface area contributed by atoms with Gasteiger partial charge < -0.3 is 15.4 Å². The normalized spacial score (nSPS) is 16.7. The highest BCUT2D eigenvalue weighted by Crippen LogP contribution is 2.32. The summed E-state index contributed by atoms with van der Waals surface area (Å²) < 4.78 is 10.7. The predicted molar refractivity (Wildman–Crippen MR) is 126 cm³/mol. The maximum Gasteiger partial charge on any atom is 0.224 e. The number of amides is 1. The maximum absolute atomic E-state index is 11.5. The standard InChI is InChI=1S/C24H28N4O2S/c1-2-23(29)26-19-8-10-20(11-9-19)30-15-14-28-13-12-25-16-22(28)24-21(17-31-27-24)18-6-4-3-5-7-18/h3-11,17,22,25H,2,12-16H2,1H3,(H,26,29). The summed E-state index contributed by atoms with van der Waals surface area (Å²) >= 11 is 1.52. The van der Waals surface area contributed by atoms with Crippen LogP contribution in [-0.4, -0.2) is 48.0 Å². The van der Waals surface area contributed by atoms with Gasteiger partial charge in [-0.3, -0.25) is 9.69 Å². The van der Waals surface area contributed by atoms with Gasteiger partial charge in [-0.25, -0.2) is 0 Å². The van der Waals surface area contributed by atoms with Crippen LogP contribution in [0.5, 0.6) is 5.75 Å². The third-order valence-corrected chi connectivity index (χ3v) is 6.10. The number of nitrogens with one attached hydrogen (secondary N) is 2. The Balaban J connectivity index is 1.37. The van der Waals surface area contributed by atoms with Gasteiger partial charge in [0.2, 0.25) is 5.91 Å². The van der Waals surface area contributed by atoms with Crippen molar-refractivity contribution in [3.63, 3.8) is 0 Å². The van der Waals surface area contributed by atoms with E-state index in [0.717, 1.165) is 43.3 Å². The Morgan fingerprint density at radius 2 is 2.03 bits per heavy atom. The molecule has 1 aromatic heterocycles. The first kappa shape index (κ1) is 21.5. The zero-order valence-electron chi connectivity index (χ0n) is 17.7. The fourth-order valence-corrected chi connectivity index (χ4v) is 4.52. The number of carbonyl (C=O) groups is 1. The lowest BCUT2D eigenvalue weighted by atomic mass is 10.0. The van der Waals surface area contributed by atoms with Gasteiger partial charge in [-0.1, -0.05) is 37.3 Å². The molecule has 0 aliphatic carbocycles. The molecule has 0 spiro atoms. The van der Waals surface area contributed by atoms with Crippen molar-refractivity contribution in [3.05, 3.63) is 65.7 Å². The third kappa shape index (κ3) is 5.50. The topological polar surface area (TPSA) is 66.5 Å². The Morgan fingerprint density at radius 3 is 2.81 bits per heavy atom. The first-order valence-electron chi connectivity index (χ1n) is 10.7. The molecule has 1 unspecified atom stereocenters. The van der Waals surface area contributed by atoms with E-state index in [0.29, 0.717) is 13.0 Å². The summed E-state index contributed by atoms with van der Waals surface area (Å²) in [5.41, 5.74) is 4.36. The lowest BCUT2D eigenvalue weighted by Crippen LogP contribution is -2.47. The van der Waals surface area contributed by atoms with Crippen LogP contribution in [0.4, 0.5) is 5.69 Å². The summed E-state index contributed by atoms with van der Waals surface area (Å²) in [5.74, 6) is 0.815. The van der Waals surface area contributed by atoms with Crippen LogP contribution in [0.2, 0.25) is 0 Å². The summed E-state index contributed by atoms with van der Waals surface area (Å²) in [6.07, 6.45) is 0.467. The number of aromatic nitrogens is 1. The average Bonchev–Trinajstić information content (AvgIpc) is 3.31. The molecule has 1 saturated heterocycles. The second-order valence-corrected chi connectivity index (χ2v) is 8.14. The summed E-state index contributed by atoms with van der Waals surface area (Å²) in [4.78, 5) is 14.0. The monoisotopic (exact) mass is 436 g/mol. The summed E-state index contributed by atoms with van der Waals surface area (Å²) in [5, 5.41) is 8.51. The van der Waals surface area contributed by atoms with E-state index in [1.165, 1.54) is 22.7 Å². The highest BCUT2D eigenvalue weighted by atomic mass is 32.1. The number of anilines is 1. The number of hydrogen-bond acceptors (Lipinski definition) is 6. The minimum Gasteiger partial charge on any atom is -0.492 e. The van der Waals surface area contributed by atoms with Crippen LogP contribution in [0.15, 0.2) is 60.0 Å². The van der Waals surface area contributed by atoms with Crippen LogP contribution in [0.3, 0.4) is 0 Å². The van der Waals surface area contributed by atoms with E-state index in [-0.39, 0.29) is 11.9 Å². The zero-order valence-corrected chi connectivity index (χ0v) is 18.5. The molecular weight excluding hydrogens is 408 g/mol. The number of benzene rings is 2. The number of piperazine rings is 1. The summed E-state index contributed by atoms with van der Waals surface area (Å²) in [6, 6.07) is 18.2. The molecule has 1 amide bonds. The molecule has 1 atom stereocenters. The van der Waals surface area contributed by atoms with Crippen molar-refractivity contribution in [3.8, 4) is 16.9 Å². The Hall–Kier alpha value is -2.74. The van der Waals surface area contributed by atoms with Gasteiger partial charge in [0.05, 0.1) is 11.7 Å². The molecule has 0 bridgehead atoms. The summed E-state index contributed by atoms with van der Waals surface area (Å²) in [6.45, 7) is 6.07. The smallest absolute Gasteiger partial charge is 0.224 e. The van der Waals surface area contributed by atoms with E-state index < -0.39 is 0 Å².